The lowest BCUT2D eigenvalue weighted by molar-refractivity contribution is 0.0335. The van der Waals surface area contributed by atoms with E-state index in [4.69, 9.17) is 13.3 Å². The molecule has 0 aromatic heterocycles. The molecule has 0 aliphatic carbocycles. The maximum atomic E-state index is 5.57. The fourth-order valence-corrected chi connectivity index (χ4v) is 2.29. The predicted molar refractivity (Wildman–Crippen MR) is 55.8 cm³/mol. The quantitative estimate of drug-likeness (QED) is 0.622. The van der Waals surface area contributed by atoms with E-state index in [9.17, 15) is 0 Å². The van der Waals surface area contributed by atoms with Crippen LogP contribution in [0, 0.1) is 0 Å². The molecule has 4 heteroatoms. The molecular weight excluding hydrogens is 184 g/mol. The monoisotopic (exact) mass is 206 g/mol. The molecule has 0 amide bonds. The first-order valence-electron chi connectivity index (χ1n) is 4.88. The predicted octanol–water partition coefficient (Wildman–Crippen LogP) is 1.98. The fourth-order valence-electron chi connectivity index (χ4n) is 0.763. The van der Waals surface area contributed by atoms with Crippen molar-refractivity contribution in [3.8, 4) is 0 Å². The fraction of sp³-hybridized carbons (Fsp3) is 1.00. The third-order valence-electron chi connectivity index (χ3n) is 1.15. The molecular formula is C9H22O3Si. The van der Waals surface area contributed by atoms with E-state index in [1.807, 2.05) is 41.5 Å². The van der Waals surface area contributed by atoms with Crippen LogP contribution in [0.4, 0.5) is 0 Å². The Bertz CT molecular complexity index is 102. The number of hydrogen-bond acceptors (Lipinski definition) is 3. The van der Waals surface area contributed by atoms with E-state index in [1.165, 1.54) is 0 Å². The Hall–Kier alpha value is 0.0969. The summed E-state index contributed by atoms with van der Waals surface area (Å²) in [6.45, 7) is 12.0. The Morgan fingerprint density at radius 1 is 0.615 bits per heavy atom. The van der Waals surface area contributed by atoms with Crippen molar-refractivity contribution in [2.24, 2.45) is 0 Å². The molecule has 0 fully saturated rings. The second-order valence-electron chi connectivity index (χ2n) is 3.84. The van der Waals surface area contributed by atoms with Gasteiger partial charge in [-0.3, -0.25) is 0 Å². The van der Waals surface area contributed by atoms with Gasteiger partial charge >= 0.3 is 9.53 Å². The van der Waals surface area contributed by atoms with Crippen molar-refractivity contribution in [1.82, 2.24) is 0 Å². The Balaban J connectivity index is 3.87. The normalized spacial score (nSPS) is 12.5. The van der Waals surface area contributed by atoms with E-state index in [2.05, 4.69) is 0 Å². The van der Waals surface area contributed by atoms with E-state index < -0.39 is 9.53 Å². The molecule has 0 rings (SSSR count). The lowest BCUT2D eigenvalue weighted by atomic mass is 10.5. The molecule has 0 aliphatic heterocycles. The van der Waals surface area contributed by atoms with Gasteiger partial charge in [0.05, 0.1) is 0 Å². The average molecular weight is 206 g/mol. The summed E-state index contributed by atoms with van der Waals surface area (Å²) < 4.78 is 16.7. The highest BCUT2D eigenvalue weighted by molar-refractivity contribution is 6.36. The van der Waals surface area contributed by atoms with Crippen LogP contribution in [0.25, 0.3) is 0 Å². The molecule has 3 nitrogen and oxygen atoms in total. The zero-order chi connectivity index (χ0) is 10.4. The highest BCUT2D eigenvalue weighted by Crippen LogP contribution is 2.04. The Kier molecular flexibility index (Phi) is 6.58. The van der Waals surface area contributed by atoms with Gasteiger partial charge in [-0.15, -0.1) is 0 Å². The Labute approximate surface area is 83.3 Å². The molecule has 13 heavy (non-hydrogen) atoms. The van der Waals surface area contributed by atoms with Crippen molar-refractivity contribution in [3.63, 3.8) is 0 Å². The third kappa shape index (κ3) is 8.43. The van der Waals surface area contributed by atoms with E-state index in [1.54, 1.807) is 0 Å². The summed E-state index contributed by atoms with van der Waals surface area (Å²) in [5.74, 6) is 0. The van der Waals surface area contributed by atoms with Gasteiger partial charge in [0.1, 0.15) is 0 Å². The maximum Gasteiger partial charge on any atom is 0.484 e. The van der Waals surface area contributed by atoms with Gasteiger partial charge in [-0.2, -0.15) is 0 Å². The minimum Gasteiger partial charge on any atom is -0.373 e. The van der Waals surface area contributed by atoms with Crippen molar-refractivity contribution < 1.29 is 13.3 Å². The summed E-state index contributed by atoms with van der Waals surface area (Å²) in [6, 6.07) is 0. The lowest BCUT2D eigenvalue weighted by Crippen LogP contribution is -2.34. The summed E-state index contributed by atoms with van der Waals surface area (Å²) in [4.78, 5) is 0. The molecule has 80 valence electrons. The van der Waals surface area contributed by atoms with Crippen LogP contribution in [0.1, 0.15) is 41.5 Å². The van der Waals surface area contributed by atoms with Gasteiger partial charge in [-0.25, -0.2) is 0 Å². The Morgan fingerprint density at radius 3 is 1.00 bits per heavy atom. The van der Waals surface area contributed by atoms with Gasteiger partial charge < -0.3 is 13.3 Å². The lowest BCUT2D eigenvalue weighted by Gasteiger charge is -2.22. The third-order valence-corrected chi connectivity index (χ3v) is 3.45. The molecule has 0 N–H and O–H groups in total. The van der Waals surface area contributed by atoms with Crippen LogP contribution in [-0.4, -0.2) is 27.8 Å². The molecule has 0 atom stereocenters. The summed E-state index contributed by atoms with van der Waals surface area (Å²) in [5.41, 5.74) is 0. The average Bonchev–Trinajstić information content (AvgIpc) is 1.80. The molecule has 0 aromatic carbocycles. The highest BCUT2D eigenvalue weighted by Gasteiger charge is 2.20. The summed E-state index contributed by atoms with van der Waals surface area (Å²) in [6.07, 6.45) is 0.525. The van der Waals surface area contributed by atoms with Crippen LogP contribution in [0.2, 0.25) is 0 Å². The molecule has 0 spiro atoms. The van der Waals surface area contributed by atoms with Gasteiger partial charge in [-0.05, 0) is 41.5 Å². The van der Waals surface area contributed by atoms with Gasteiger partial charge in [0.25, 0.3) is 0 Å². The first-order chi connectivity index (χ1) is 5.91. The van der Waals surface area contributed by atoms with Crippen LogP contribution < -0.4 is 0 Å². The summed E-state index contributed by atoms with van der Waals surface area (Å²) in [5, 5.41) is 0. The number of hydrogen-bond donors (Lipinski definition) is 0. The zero-order valence-electron chi connectivity index (χ0n) is 9.53. The summed E-state index contributed by atoms with van der Waals surface area (Å²) in [7, 11) is -1.91. The maximum absolute atomic E-state index is 5.57. The molecule has 0 bridgehead atoms. The first kappa shape index (κ1) is 13.1. The minimum atomic E-state index is -1.91. The molecule has 0 unspecified atom stereocenters. The summed E-state index contributed by atoms with van der Waals surface area (Å²) >= 11 is 0. The van der Waals surface area contributed by atoms with Crippen molar-refractivity contribution in [1.29, 1.82) is 0 Å². The van der Waals surface area contributed by atoms with Crippen molar-refractivity contribution >= 4 is 9.53 Å². The van der Waals surface area contributed by atoms with E-state index in [0.717, 1.165) is 0 Å². The van der Waals surface area contributed by atoms with Crippen molar-refractivity contribution in [2.75, 3.05) is 0 Å². The second kappa shape index (κ2) is 6.54. The van der Waals surface area contributed by atoms with Crippen LogP contribution in [0.5, 0.6) is 0 Å². The molecule has 0 aliphatic rings. The van der Waals surface area contributed by atoms with Gasteiger partial charge in [0.15, 0.2) is 0 Å². The van der Waals surface area contributed by atoms with Crippen molar-refractivity contribution in [3.05, 3.63) is 0 Å². The largest absolute Gasteiger partial charge is 0.484 e. The zero-order valence-corrected chi connectivity index (χ0v) is 10.7. The van der Waals surface area contributed by atoms with E-state index in [0.29, 0.717) is 0 Å². The smallest absolute Gasteiger partial charge is 0.373 e. The first-order valence-corrected chi connectivity index (χ1v) is 6.29. The Morgan fingerprint density at radius 2 is 0.846 bits per heavy atom. The van der Waals surface area contributed by atoms with Crippen molar-refractivity contribution in [2.45, 2.75) is 59.9 Å². The van der Waals surface area contributed by atoms with Crippen LogP contribution in [0.3, 0.4) is 0 Å². The molecule has 0 radical (unpaired) electrons. The minimum absolute atomic E-state index is 0.175. The molecule has 0 heterocycles. The standard InChI is InChI=1S/C9H22O3Si/c1-7(2)10-13(11-8(3)4)12-9(5)6/h7-9,13H,1-6H3. The SMILES string of the molecule is CC(C)O[SiH](OC(C)C)OC(C)C. The van der Waals surface area contributed by atoms with Gasteiger partial charge in [0.2, 0.25) is 0 Å². The highest BCUT2D eigenvalue weighted by atomic mass is 28.3. The van der Waals surface area contributed by atoms with Crippen LogP contribution >= 0.6 is 0 Å². The number of rotatable bonds is 6. The molecule has 0 aromatic rings. The van der Waals surface area contributed by atoms with Gasteiger partial charge in [0, 0.05) is 18.3 Å². The topological polar surface area (TPSA) is 27.7 Å². The van der Waals surface area contributed by atoms with Crippen LogP contribution in [-0.2, 0) is 13.3 Å². The van der Waals surface area contributed by atoms with Gasteiger partial charge in [-0.1, -0.05) is 0 Å². The molecule has 0 saturated heterocycles. The van der Waals surface area contributed by atoms with Crippen LogP contribution in [0.15, 0.2) is 0 Å². The molecule has 0 saturated carbocycles. The van der Waals surface area contributed by atoms with E-state index in [-0.39, 0.29) is 18.3 Å². The second-order valence-corrected chi connectivity index (χ2v) is 5.24. The van der Waals surface area contributed by atoms with E-state index >= 15 is 0 Å².